The first-order chi connectivity index (χ1) is 13.1. The van der Waals surface area contributed by atoms with E-state index in [1.165, 1.54) is 49.8 Å². The van der Waals surface area contributed by atoms with Crippen molar-refractivity contribution in [1.82, 2.24) is 0 Å². The number of benzene rings is 2. The molecule has 27 heavy (non-hydrogen) atoms. The average molecular weight is 374 g/mol. The summed E-state index contributed by atoms with van der Waals surface area (Å²) in [6.07, 6.45) is 6.79. The van der Waals surface area contributed by atoms with Crippen molar-refractivity contribution in [2.75, 3.05) is 6.61 Å². The Kier molecular flexibility index (Phi) is 6.43. The van der Waals surface area contributed by atoms with E-state index in [0.29, 0.717) is 18.1 Å². The van der Waals surface area contributed by atoms with Gasteiger partial charge in [0.05, 0.1) is 12.2 Å². The number of esters is 1. The Balaban J connectivity index is 1.68. The van der Waals surface area contributed by atoms with Gasteiger partial charge in [-0.15, -0.1) is 0 Å². The molecule has 2 aromatic rings. The van der Waals surface area contributed by atoms with Crippen LogP contribution in [0.4, 0.5) is 8.78 Å². The van der Waals surface area contributed by atoms with Crippen LogP contribution in [0.25, 0.3) is 0 Å². The molecule has 3 rings (SSSR count). The van der Waals surface area contributed by atoms with Crippen LogP contribution < -0.4 is 9.47 Å². The van der Waals surface area contributed by atoms with Gasteiger partial charge < -0.3 is 9.47 Å². The summed E-state index contributed by atoms with van der Waals surface area (Å²) < 4.78 is 38.6. The molecule has 0 spiro atoms. The molecular weight excluding hydrogens is 350 g/mol. The zero-order valence-electron chi connectivity index (χ0n) is 15.5. The molecule has 1 aliphatic carbocycles. The molecule has 1 saturated carbocycles. The number of carbonyl (C=O) groups excluding carboxylic acids is 1. The van der Waals surface area contributed by atoms with Gasteiger partial charge in [-0.25, -0.2) is 9.18 Å². The van der Waals surface area contributed by atoms with E-state index >= 15 is 0 Å². The maximum atomic E-state index is 14.2. The second kappa shape index (κ2) is 8.98. The molecule has 0 amide bonds. The Morgan fingerprint density at radius 2 is 1.70 bits per heavy atom. The van der Waals surface area contributed by atoms with Crippen LogP contribution in [0.5, 0.6) is 11.5 Å². The lowest BCUT2D eigenvalue weighted by molar-refractivity contribution is 0.0728. The lowest BCUT2D eigenvalue weighted by atomic mass is 9.84. The molecule has 0 unspecified atom stereocenters. The van der Waals surface area contributed by atoms with Crippen LogP contribution in [-0.4, -0.2) is 12.6 Å². The number of ether oxygens (including phenoxy) is 2. The summed E-state index contributed by atoms with van der Waals surface area (Å²) in [7, 11) is 0. The Hall–Kier alpha value is -2.43. The zero-order valence-corrected chi connectivity index (χ0v) is 15.5. The summed E-state index contributed by atoms with van der Waals surface area (Å²) in [6, 6.07) is 9.72. The minimum Gasteiger partial charge on any atom is -0.490 e. The van der Waals surface area contributed by atoms with Crippen molar-refractivity contribution >= 4 is 5.97 Å². The van der Waals surface area contributed by atoms with Crippen LogP contribution in [0.2, 0.25) is 0 Å². The van der Waals surface area contributed by atoms with Crippen molar-refractivity contribution in [2.45, 2.75) is 51.4 Å². The molecule has 0 aliphatic heterocycles. The van der Waals surface area contributed by atoms with E-state index < -0.39 is 23.2 Å². The summed E-state index contributed by atoms with van der Waals surface area (Å²) in [5.74, 6) is -2.71. The van der Waals surface area contributed by atoms with Crippen LogP contribution in [0.3, 0.4) is 0 Å². The summed E-state index contributed by atoms with van der Waals surface area (Å²) in [5.41, 5.74) is 0.775. The average Bonchev–Trinajstić information content (AvgIpc) is 2.70. The van der Waals surface area contributed by atoms with Gasteiger partial charge in [-0.05, 0) is 55.0 Å². The van der Waals surface area contributed by atoms with Gasteiger partial charge in [0.25, 0.3) is 0 Å². The fourth-order valence-corrected chi connectivity index (χ4v) is 3.42. The molecule has 5 heteroatoms. The quantitative estimate of drug-likeness (QED) is 0.458. The molecule has 0 radical (unpaired) electrons. The molecular formula is C22H24F2O3. The Morgan fingerprint density at radius 1 is 1.00 bits per heavy atom. The lowest BCUT2D eigenvalue weighted by Crippen LogP contribution is -2.13. The largest absolute Gasteiger partial charge is 0.490 e. The lowest BCUT2D eigenvalue weighted by Gasteiger charge is -2.22. The van der Waals surface area contributed by atoms with Gasteiger partial charge in [0, 0.05) is 0 Å². The Labute approximate surface area is 158 Å². The van der Waals surface area contributed by atoms with E-state index in [0.717, 1.165) is 0 Å². The highest BCUT2D eigenvalue weighted by atomic mass is 19.2. The first-order valence-electron chi connectivity index (χ1n) is 9.53. The first kappa shape index (κ1) is 19.3. The highest BCUT2D eigenvalue weighted by Gasteiger charge is 2.21. The fourth-order valence-electron chi connectivity index (χ4n) is 3.42. The van der Waals surface area contributed by atoms with E-state index in [4.69, 9.17) is 9.47 Å². The van der Waals surface area contributed by atoms with Crippen LogP contribution in [0, 0.1) is 11.6 Å². The van der Waals surface area contributed by atoms with Crippen molar-refractivity contribution < 1.29 is 23.0 Å². The molecule has 1 aliphatic rings. The topological polar surface area (TPSA) is 35.5 Å². The molecule has 2 aromatic carbocycles. The van der Waals surface area contributed by atoms with Gasteiger partial charge in [-0.3, -0.25) is 0 Å². The minimum absolute atomic E-state index is 0.206. The molecule has 0 saturated heterocycles. The normalized spacial score (nSPS) is 14.8. The second-order valence-corrected chi connectivity index (χ2v) is 6.88. The van der Waals surface area contributed by atoms with Gasteiger partial charge >= 0.3 is 5.97 Å². The fraction of sp³-hybridized carbons (Fsp3) is 0.409. The number of carbonyl (C=O) groups is 1. The van der Waals surface area contributed by atoms with Crippen LogP contribution >= 0.6 is 0 Å². The summed E-state index contributed by atoms with van der Waals surface area (Å²) >= 11 is 0. The molecule has 0 N–H and O–H groups in total. The molecule has 0 aromatic heterocycles. The minimum atomic E-state index is -1.26. The van der Waals surface area contributed by atoms with Gasteiger partial charge in [0.15, 0.2) is 11.6 Å². The number of hydrogen-bond acceptors (Lipinski definition) is 3. The smallest absolute Gasteiger partial charge is 0.346 e. The number of rotatable bonds is 6. The van der Waals surface area contributed by atoms with E-state index in [1.54, 1.807) is 12.1 Å². The van der Waals surface area contributed by atoms with Crippen molar-refractivity contribution in [3.8, 4) is 11.5 Å². The van der Waals surface area contributed by atoms with Crippen molar-refractivity contribution in [3.05, 3.63) is 59.2 Å². The van der Waals surface area contributed by atoms with Crippen molar-refractivity contribution in [3.63, 3.8) is 0 Å². The van der Waals surface area contributed by atoms with Crippen molar-refractivity contribution in [1.29, 1.82) is 0 Å². The van der Waals surface area contributed by atoms with Crippen LogP contribution in [0.15, 0.2) is 36.4 Å². The first-order valence-corrected chi connectivity index (χ1v) is 9.53. The molecule has 0 heterocycles. The van der Waals surface area contributed by atoms with Crippen LogP contribution in [-0.2, 0) is 0 Å². The van der Waals surface area contributed by atoms with E-state index in [-0.39, 0.29) is 12.4 Å². The van der Waals surface area contributed by atoms with Gasteiger partial charge in [-0.2, -0.15) is 4.39 Å². The van der Waals surface area contributed by atoms with E-state index in [1.807, 2.05) is 19.1 Å². The van der Waals surface area contributed by atoms with Gasteiger partial charge in [0.1, 0.15) is 5.75 Å². The summed E-state index contributed by atoms with van der Waals surface area (Å²) in [6.45, 7) is 2.13. The Morgan fingerprint density at radius 3 is 2.37 bits per heavy atom. The predicted octanol–water partition coefficient (Wildman–Crippen LogP) is 6.02. The summed E-state index contributed by atoms with van der Waals surface area (Å²) in [5, 5.41) is 0. The molecule has 0 atom stereocenters. The predicted molar refractivity (Wildman–Crippen MR) is 99.4 cm³/mol. The molecule has 144 valence electrons. The monoisotopic (exact) mass is 374 g/mol. The highest BCUT2D eigenvalue weighted by Crippen LogP contribution is 2.33. The maximum Gasteiger partial charge on any atom is 0.346 e. The molecule has 3 nitrogen and oxygen atoms in total. The second-order valence-electron chi connectivity index (χ2n) is 6.88. The number of halogens is 2. The third-order valence-corrected chi connectivity index (χ3v) is 4.90. The SMILES string of the molecule is CCCOc1ccc(C(=O)Oc2ccc(C3CCCCC3)cc2)c(F)c1F. The molecule has 0 bridgehead atoms. The maximum absolute atomic E-state index is 14.2. The van der Waals surface area contributed by atoms with E-state index in [2.05, 4.69) is 0 Å². The Bertz CT molecular complexity index is 781. The molecule has 1 fully saturated rings. The third kappa shape index (κ3) is 4.65. The highest BCUT2D eigenvalue weighted by molar-refractivity contribution is 5.91. The van der Waals surface area contributed by atoms with Gasteiger partial charge in [-0.1, -0.05) is 38.3 Å². The zero-order chi connectivity index (χ0) is 19.2. The third-order valence-electron chi connectivity index (χ3n) is 4.90. The van der Waals surface area contributed by atoms with Crippen LogP contribution in [0.1, 0.15) is 67.3 Å². The van der Waals surface area contributed by atoms with E-state index in [9.17, 15) is 13.6 Å². The number of hydrogen-bond donors (Lipinski definition) is 0. The summed E-state index contributed by atoms with van der Waals surface area (Å²) in [4.78, 5) is 12.2. The standard InChI is InChI=1S/C22H24F2O3/c1-2-14-26-19-13-12-18(20(23)21(19)24)22(25)27-17-10-8-16(9-11-17)15-6-4-3-5-7-15/h8-13,15H,2-7,14H2,1H3. The van der Waals surface area contributed by atoms with Gasteiger partial charge in [0.2, 0.25) is 5.82 Å². The van der Waals surface area contributed by atoms with Crippen molar-refractivity contribution in [2.24, 2.45) is 0 Å².